The van der Waals surface area contributed by atoms with Gasteiger partial charge in [0.1, 0.15) is 11.5 Å². The van der Waals surface area contributed by atoms with E-state index >= 15 is 0 Å². The molecule has 0 heterocycles. The van der Waals surface area contributed by atoms with E-state index in [1.165, 1.54) is 18.2 Å². The highest BCUT2D eigenvalue weighted by Gasteiger charge is 2.16. The fraction of sp³-hybridized carbons (Fsp3) is 0.130. The van der Waals surface area contributed by atoms with Crippen molar-refractivity contribution in [1.82, 2.24) is 0 Å². The van der Waals surface area contributed by atoms with Crippen LogP contribution in [0, 0.1) is 0 Å². The molecule has 0 saturated carbocycles. The van der Waals surface area contributed by atoms with Crippen LogP contribution >= 0.6 is 0 Å². The first-order valence-electron chi connectivity index (χ1n) is 9.11. The first kappa shape index (κ1) is 21.2. The Balaban J connectivity index is 1.79. The lowest BCUT2D eigenvalue weighted by Gasteiger charge is -2.10. The number of hydrogen-bond donors (Lipinski definition) is 3. The summed E-state index contributed by atoms with van der Waals surface area (Å²) in [7, 11) is 0. The first-order valence-corrected chi connectivity index (χ1v) is 9.11. The van der Waals surface area contributed by atoms with E-state index in [4.69, 9.17) is 19.7 Å². The molecule has 0 aromatic heterocycles. The van der Waals surface area contributed by atoms with E-state index in [0.717, 1.165) is 0 Å². The standard InChI is InChI=1S/C23H20O7/c24-12-15-1-5-20(6-2-15)29-22(27)18-9-17(14-26)10-19(11-18)23(28)30-21-7-3-16(13-25)4-8-21/h1-11,24-26H,12-14H2. The zero-order valence-corrected chi connectivity index (χ0v) is 15.9. The summed E-state index contributed by atoms with van der Waals surface area (Å²) >= 11 is 0. The monoisotopic (exact) mass is 408 g/mol. The lowest BCUT2D eigenvalue weighted by Crippen LogP contribution is -2.14. The summed E-state index contributed by atoms with van der Waals surface area (Å²) in [5.74, 6) is -0.855. The summed E-state index contributed by atoms with van der Waals surface area (Å²) in [4.78, 5) is 25.0. The normalized spacial score (nSPS) is 10.5. The molecule has 7 heteroatoms. The number of rotatable bonds is 7. The predicted octanol–water partition coefficient (Wildman–Crippen LogP) is 2.60. The van der Waals surface area contributed by atoms with Gasteiger partial charge in [0.2, 0.25) is 0 Å². The van der Waals surface area contributed by atoms with Gasteiger partial charge in [-0.05, 0) is 59.2 Å². The molecule has 0 atom stereocenters. The molecule has 7 nitrogen and oxygen atoms in total. The highest BCUT2D eigenvalue weighted by Crippen LogP contribution is 2.19. The molecule has 0 fully saturated rings. The van der Waals surface area contributed by atoms with Gasteiger partial charge in [-0.2, -0.15) is 0 Å². The van der Waals surface area contributed by atoms with Crippen LogP contribution in [0.5, 0.6) is 11.5 Å². The first-order chi connectivity index (χ1) is 14.5. The van der Waals surface area contributed by atoms with Gasteiger partial charge < -0.3 is 24.8 Å². The van der Waals surface area contributed by atoms with Crippen molar-refractivity contribution in [1.29, 1.82) is 0 Å². The van der Waals surface area contributed by atoms with Crippen molar-refractivity contribution in [2.75, 3.05) is 0 Å². The molecule has 0 radical (unpaired) electrons. The van der Waals surface area contributed by atoms with Crippen molar-refractivity contribution in [2.24, 2.45) is 0 Å². The van der Waals surface area contributed by atoms with E-state index in [9.17, 15) is 14.7 Å². The van der Waals surface area contributed by atoms with Gasteiger partial charge in [-0.1, -0.05) is 24.3 Å². The summed E-state index contributed by atoms with van der Waals surface area (Å²) in [6.07, 6.45) is 0. The van der Waals surface area contributed by atoms with Crippen molar-refractivity contribution in [2.45, 2.75) is 19.8 Å². The summed E-state index contributed by atoms with van der Waals surface area (Å²) in [6.45, 7) is -0.625. The van der Waals surface area contributed by atoms with Crippen molar-refractivity contribution in [3.05, 3.63) is 94.5 Å². The zero-order chi connectivity index (χ0) is 21.5. The van der Waals surface area contributed by atoms with Crippen LogP contribution < -0.4 is 9.47 Å². The Hall–Kier alpha value is -3.52. The maximum absolute atomic E-state index is 12.5. The molecule has 0 saturated heterocycles. The lowest BCUT2D eigenvalue weighted by atomic mass is 10.1. The minimum atomic E-state index is -0.705. The Labute approximate surface area is 172 Å². The van der Waals surface area contributed by atoms with Crippen LogP contribution in [0.4, 0.5) is 0 Å². The third-order valence-corrected chi connectivity index (χ3v) is 4.28. The number of carbonyl (C=O) groups is 2. The molecule has 3 N–H and O–H groups in total. The van der Waals surface area contributed by atoms with E-state index < -0.39 is 11.9 Å². The summed E-state index contributed by atoms with van der Waals surface area (Å²) in [6, 6.07) is 16.9. The molecule has 3 aromatic carbocycles. The highest BCUT2D eigenvalue weighted by atomic mass is 16.5. The van der Waals surface area contributed by atoms with Crippen LogP contribution in [-0.2, 0) is 19.8 Å². The maximum Gasteiger partial charge on any atom is 0.343 e. The fourth-order valence-corrected chi connectivity index (χ4v) is 2.68. The Morgan fingerprint density at radius 2 is 0.933 bits per heavy atom. The molecule has 0 unspecified atom stereocenters. The predicted molar refractivity (Wildman–Crippen MR) is 107 cm³/mol. The Morgan fingerprint density at radius 3 is 1.27 bits per heavy atom. The quantitative estimate of drug-likeness (QED) is 0.407. The molecule has 0 bridgehead atoms. The molecule has 0 aliphatic heterocycles. The molecular formula is C23H20O7. The van der Waals surface area contributed by atoms with Crippen molar-refractivity contribution < 1.29 is 34.4 Å². The number of carbonyl (C=O) groups excluding carboxylic acids is 2. The SMILES string of the molecule is O=C(Oc1ccc(CO)cc1)c1cc(CO)cc(C(=O)Oc2ccc(CO)cc2)c1. The molecule has 0 spiro atoms. The van der Waals surface area contributed by atoms with Crippen molar-refractivity contribution >= 4 is 11.9 Å². The molecule has 0 aliphatic rings. The highest BCUT2D eigenvalue weighted by molar-refractivity contribution is 5.97. The topological polar surface area (TPSA) is 113 Å². The van der Waals surface area contributed by atoms with Gasteiger partial charge >= 0.3 is 11.9 Å². The number of ether oxygens (including phenoxy) is 2. The maximum atomic E-state index is 12.5. The summed E-state index contributed by atoms with van der Waals surface area (Å²) in [5.41, 5.74) is 1.86. The Bertz CT molecular complexity index is 945. The van der Waals surface area contributed by atoms with E-state index in [1.54, 1.807) is 48.5 Å². The van der Waals surface area contributed by atoms with Gasteiger partial charge in [0.05, 0.1) is 30.9 Å². The van der Waals surface area contributed by atoms with E-state index in [-0.39, 0.29) is 42.4 Å². The van der Waals surface area contributed by atoms with Crippen LogP contribution in [0.3, 0.4) is 0 Å². The second-order valence-corrected chi connectivity index (χ2v) is 6.46. The second kappa shape index (κ2) is 9.80. The van der Waals surface area contributed by atoms with E-state index in [2.05, 4.69) is 0 Å². The Morgan fingerprint density at radius 1 is 0.567 bits per heavy atom. The van der Waals surface area contributed by atoms with Gasteiger partial charge in [-0.25, -0.2) is 9.59 Å². The van der Waals surface area contributed by atoms with Crippen LogP contribution in [0.1, 0.15) is 37.4 Å². The Kier molecular flexibility index (Phi) is 6.92. The van der Waals surface area contributed by atoms with Gasteiger partial charge in [-0.15, -0.1) is 0 Å². The number of esters is 2. The molecule has 30 heavy (non-hydrogen) atoms. The molecule has 3 rings (SSSR count). The molecule has 154 valence electrons. The average Bonchev–Trinajstić information content (AvgIpc) is 2.79. The van der Waals surface area contributed by atoms with Crippen molar-refractivity contribution in [3.63, 3.8) is 0 Å². The minimum absolute atomic E-state index is 0.0790. The number of aliphatic hydroxyl groups is 3. The zero-order valence-electron chi connectivity index (χ0n) is 15.9. The van der Waals surface area contributed by atoms with Crippen molar-refractivity contribution in [3.8, 4) is 11.5 Å². The van der Waals surface area contributed by atoms with Gasteiger partial charge in [0.15, 0.2) is 0 Å². The molecule has 0 aliphatic carbocycles. The molecule has 3 aromatic rings. The van der Waals surface area contributed by atoms with Gasteiger partial charge in [0, 0.05) is 0 Å². The van der Waals surface area contributed by atoms with Crippen LogP contribution in [0.15, 0.2) is 66.7 Å². The molecular weight excluding hydrogens is 388 g/mol. The summed E-state index contributed by atoms with van der Waals surface area (Å²) < 4.78 is 10.6. The van der Waals surface area contributed by atoms with Crippen LogP contribution in [0.2, 0.25) is 0 Å². The third kappa shape index (κ3) is 5.30. The number of hydrogen-bond acceptors (Lipinski definition) is 7. The minimum Gasteiger partial charge on any atom is -0.423 e. The van der Waals surface area contributed by atoms with Crippen LogP contribution in [-0.4, -0.2) is 27.3 Å². The lowest BCUT2D eigenvalue weighted by molar-refractivity contribution is 0.0734. The van der Waals surface area contributed by atoms with Crippen LogP contribution in [0.25, 0.3) is 0 Å². The average molecular weight is 408 g/mol. The second-order valence-electron chi connectivity index (χ2n) is 6.46. The van der Waals surface area contributed by atoms with E-state index in [1.807, 2.05) is 0 Å². The summed E-state index contributed by atoms with van der Waals surface area (Å²) in [5, 5.41) is 27.6. The fourth-order valence-electron chi connectivity index (χ4n) is 2.68. The number of benzene rings is 3. The van der Waals surface area contributed by atoms with Gasteiger partial charge in [0.25, 0.3) is 0 Å². The number of aliphatic hydroxyl groups excluding tert-OH is 3. The van der Waals surface area contributed by atoms with E-state index in [0.29, 0.717) is 16.7 Å². The third-order valence-electron chi connectivity index (χ3n) is 4.28. The largest absolute Gasteiger partial charge is 0.423 e. The van der Waals surface area contributed by atoms with Gasteiger partial charge in [-0.3, -0.25) is 0 Å². The smallest absolute Gasteiger partial charge is 0.343 e. The molecule has 0 amide bonds.